The van der Waals surface area contributed by atoms with Crippen LogP contribution in [0.3, 0.4) is 0 Å². The van der Waals surface area contributed by atoms with E-state index in [2.05, 4.69) is 10.6 Å². The van der Waals surface area contributed by atoms with Crippen molar-refractivity contribution in [2.45, 2.75) is 39.2 Å². The van der Waals surface area contributed by atoms with Crippen LogP contribution in [-0.4, -0.2) is 148 Å². The van der Waals surface area contributed by atoms with Gasteiger partial charge < -0.3 is 53.6 Å². The van der Waals surface area contributed by atoms with Gasteiger partial charge in [-0.2, -0.15) is 0 Å². The first-order valence-electron chi connectivity index (χ1n) is 14.3. The van der Waals surface area contributed by atoms with Crippen LogP contribution < -0.4 is 10.6 Å². The quantitative estimate of drug-likeness (QED) is 0.0870. The lowest BCUT2D eigenvalue weighted by atomic mass is 10.1. The van der Waals surface area contributed by atoms with Gasteiger partial charge in [0, 0.05) is 19.4 Å². The molecule has 0 aliphatic carbocycles. The van der Waals surface area contributed by atoms with Crippen molar-refractivity contribution in [3.63, 3.8) is 0 Å². The highest BCUT2D eigenvalue weighted by Crippen LogP contribution is 1.98. The topological polar surface area (TPSA) is 169 Å². The highest BCUT2D eigenvalue weighted by Gasteiger charge is 2.16. The minimum Gasteiger partial charge on any atom is -0.480 e. The fourth-order valence-corrected chi connectivity index (χ4v) is 3.04. The van der Waals surface area contributed by atoms with Crippen molar-refractivity contribution >= 4 is 17.7 Å². The van der Waals surface area contributed by atoms with Crippen LogP contribution in [0.15, 0.2) is 0 Å². The Labute approximate surface area is 244 Å². The van der Waals surface area contributed by atoms with Crippen molar-refractivity contribution < 1.29 is 57.4 Å². The average molecular weight is 597 g/mol. The number of nitrogens with one attached hydrogen (secondary N) is 2. The number of ketones is 1. The summed E-state index contributed by atoms with van der Waals surface area (Å²) in [4.78, 5) is 33.6. The number of amides is 1. The third kappa shape index (κ3) is 31.0. The Morgan fingerprint density at radius 1 is 0.585 bits per heavy atom. The number of carboxylic acids is 1. The first kappa shape index (κ1) is 39.2. The molecule has 0 saturated carbocycles. The summed E-state index contributed by atoms with van der Waals surface area (Å²) in [5.74, 6) is -1.04. The van der Waals surface area contributed by atoms with E-state index in [-0.39, 0.29) is 24.5 Å². The van der Waals surface area contributed by atoms with E-state index < -0.39 is 12.0 Å². The molecule has 0 aliphatic rings. The molecule has 0 heterocycles. The normalized spacial score (nSPS) is 12.0. The number of hydrogen-bond acceptors (Lipinski definition) is 12. The molecule has 0 unspecified atom stereocenters. The Morgan fingerprint density at radius 3 is 1.29 bits per heavy atom. The number of aliphatic carboxylic acids is 1. The van der Waals surface area contributed by atoms with E-state index >= 15 is 0 Å². The number of ether oxygens (including phenoxy) is 8. The third-order valence-electron chi connectivity index (χ3n) is 5.18. The summed E-state index contributed by atoms with van der Waals surface area (Å²) in [5, 5.41) is 14.6. The zero-order valence-corrected chi connectivity index (χ0v) is 24.9. The highest BCUT2D eigenvalue weighted by molar-refractivity contribution is 5.78. The molecule has 0 fully saturated rings. The Kier molecular flexibility index (Phi) is 29.9. The molecule has 0 spiro atoms. The van der Waals surface area contributed by atoms with Gasteiger partial charge in [0.2, 0.25) is 5.91 Å². The van der Waals surface area contributed by atoms with Crippen LogP contribution in [0.1, 0.15) is 33.1 Å². The molecule has 1 atom stereocenters. The minimum atomic E-state index is -0.956. The van der Waals surface area contributed by atoms with Gasteiger partial charge in [-0.15, -0.1) is 0 Å². The van der Waals surface area contributed by atoms with Crippen LogP contribution in [0.25, 0.3) is 0 Å². The predicted molar refractivity (Wildman–Crippen MR) is 149 cm³/mol. The first-order valence-corrected chi connectivity index (χ1v) is 14.3. The Bertz CT molecular complexity index is 627. The number of Topliss-reactive ketones (excluding diaryl/α,β-unsaturated/α-hetero) is 1. The molecule has 0 bridgehead atoms. The molecular weight excluding hydrogens is 544 g/mol. The Balaban J connectivity index is 3.20. The molecule has 14 heteroatoms. The maximum Gasteiger partial charge on any atom is 0.320 e. The van der Waals surface area contributed by atoms with Crippen LogP contribution in [0, 0.1) is 0 Å². The summed E-state index contributed by atoms with van der Waals surface area (Å²) in [6.07, 6.45) is 0.815. The smallest absolute Gasteiger partial charge is 0.320 e. The summed E-state index contributed by atoms with van der Waals surface area (Å²) < 4.78 is 43.1. The first-order chi connectivity index (χ1) is 20.0. The van der Waals surface area contributed by atoms with Crippen molar-refractivity contribution in [2.75, 3.05) is 119 Å². The molecule has 3 N–H and O–H groups in total. The summed E-state index contributed by atoms with van der Waals surface area (Å²) in [7, 11) is 0. The molecule has 0 aliphatic heterocycles. The minimum absolute atomic E-state index is 0.118. The van der Waals surface area contributed by atoms with Gasteiger partial charge in [-0.1, -0.05) is 6.92 Å². The van der Waals surface area contributed by atoms with Crippen LogP contribution in [0.4, 0.5) is 0 Å². The molecule has 0 aromatic rings. The van der Waals surface area contributed by atoms with Crippen LogP contribution in [-0.2, 0) is 52.3 Å². The molecular formula is C27H52N2O12. The fourth-order valence-electron chi connectivity index (χ4n) is 3.04. The largest absolute Gasteiger partial charge is 0.480 e. The van der Waals surface area contributed by atoms with Gasteiger partial charge in [0.25, 0.3) is 0 Å². The second kappa shape index (κ2) is 31.2. The Hall–Kier alpha value is -1.75. The van der Waals surface area contributed by atoms with E-state index in [0.29, 0.717) is 125 Å². The lowest BCUT2D eigenvalue weighted by molar-refractivity contribution is -0.139. The van der Waals surface area contributed by atoms with Gasteiger partial charge in [0.15, 0.2) is 0 Å². The highest BCUT2D eigenvalue weighted by atomic mass is 16.6. The van der Waals surface area contributed by atoms with Crippen molar-refractivity contribution in [1.82, 2.24) is 10.6 Å². The van der Waals surface area contributed by atoms with Gasteiger partial charge in [0.05, 0.1) is 106 Å². The molecule has 0 saturated heterocycles. The predicted octanol–water partition coefficient (Wildman–Crippen LogP) is 0.0574. The van der Waals surface area contributed by atoms with E-state index in [9.17, 15) is 14.4 Å². The standard InChI is InChI=1S/C27H52N2O12/c1-3-28-25(27(32)33)4-5-26(31)29-7-9-35-11-13-37-15-17-39-19-21-41-23-22-40-20-18-38-16-14-36-12-10-34-8-6-24(2)30/h25,28H,3-23H2,1-2H3,(H,29,31)(H,32,33)/t25-/m0/s1. The summed E-state index contributed by atoms with van der Waals surface area (Å²) in [6, 6.07) is -0.714. The van der Waals surface area contributed by atoms with Crippen molar-refractivity contribution in [3.8, 4) is 0 Å². The maximum absolute atomic E-state index is 11.8. The number of carbonyl (C=O) groups is 3. The van der Waals surface area contributed by atoms with Crippen molar-refractivity contribution in [1.29, 1.82) is 0 Å². The second-order valence-corrected chi connectivity index (χ2v) is 8.69. The lowest BCUT2D eigenvalue weighted by Gasteiger charge is -2.12. The SMILES string of the molecule is CCN[C@@H](CCC(=O)NCCOCCOCCOCCOCCOCCOCCOCCOCCC(C)=O)C(=O)O. The average Bonchev–Trinajstić information content (AvgIpc) is 2.94. The number of rotatable bonds is 33. The molecule has 0 rings (SSSR count). The van der Waals surface area contributed by atoms with Crippen LogP contribution in [0.2, 0.25) is 0 Å². The summed E-state index contributed by atoms with van der Waals surface area (Å²) in [5.41, 5.74) is 0. The zero-order valence-electron chi connectivity index (χ0n) is 24.9. The molecule has 0 radical (unpaired) electrons. The van der Waals surface area contributed by atoms with Crippen molar-refractivity contribution in [2.24, 2.45) is 0 Å². The molecule has 242 valence electrons. The van der Waals surface area contributed by atoms with Gasteiger partial charge in [-0.05, 0) is 19.9 Å². The fraction of sp³-hybridized carbons (Fsp3) is 0.889. The van der Waals surface area contributed by atoms with Gasteiger partial charge in [-0.25, -0.2) is 0 Å². The molecule has 1 amide bonds. The van der Waals surface area contributed by atoms with E-state index in [0.717, 1.165) is 0 Å². The summed E-state index contributed by atoms with van der Waals surface area (Å²) >= 11 is 0. The van der Waals surface area contributed by atoms with E-state index in [1.54, 1.807) is 6.92 Å². The second-order valence-electron chi connectivity index (χ2n) is 8.69. The van der Waals surface area contributed by atoms with E-state index in [1.807, 2.05) is 6.92 Å². The van der Waals surface area contributed by atoms with Gasteiger partial charge >= 0.3 is 5.97 Å². The number of carbonyl (C=O) groups excluding carboxylic acids is 2. The van der Waals surface area contributed by atoms with Gasteiger partial charge in [0.1, 0.15) is 11.8 Å². The number of likely N-dealkylation sites (N-methyl/N-ethyl adjacent to an activating group) is 1. The maximum atomic E-state index is 11.8. The van der Waals surface area contributed by atoms with Gasteiger partial charge in [-0.3, -0.25) is 14.4 Å². The molecule has 41 heavy (non-hydrogen) atoms. The van der Waals surface area contributed by atoms with Crippen LogP contribution >= 0.6 is 0 Å². The lowest BCUT2D eigenvalue weighted by Crippen LogP contribution is -2.38. The van der Waals surface area contributed by atoms with E-state index in [1.165, 1.54) is 0 Å². The Morgan fingerprint density at radius 2 is 0.951 bits per heavy atom. The molecule has 14 nitrogen and oxygen atoms in total. The molecule has 0 aromatic carbocycles. The monoisotopic (exact) mass is 596 g/mol. The number of carboxylic acid groups (broad SMARTS) is 1. The zero-order chi connectivity index (χ0) is 30.2. The van der Waals surface area contributed by atoms with Crippen molar-refractivity contribution in [3.05, 3.63) is 0 Å². The summed E-state index contributed by atoms with van der Waals surface area (Å²) in [6.45, 7) is 11.5. The number of hydrogen-bond donors (Lipinski definition) is 3. The molecule has 0 aromatic heterocycles. The third-order valence-corrected chi connectivity index (χ3v) is 5.18. The van der Waals surface area contributed by atoms with E-state index in [4.69, 9.17) is 43.0 Å². The van der Waals surface area contributed by atoms with Crippen LogP contribution in [0.5, 0.6) is 0 Å².